The van der Waals surface area contributed by atoms with Gasteiger partial charge in [0, 0.05) is 5.38 Å². The first-order chi connectivity index (χ1) is 13.2. The molecule has 0 atom stereocenters. The monoisotopic (exact) mass is 377 g/mol. The second kappa shape index (κ2) is 7.00. The summed E-state index contributed by atoms with van der Waals surface area (Å²) >= 11 is 1.43. The lowest BCUT2D eigenvalue weighted by molar-refractivity contribution is -0.654. The molecule has 2 aromatic carbocycles. The van der Waals surface area contributed by atoms with Gasteiger partial charge in [0.2, 0.25) is 5.69 Å². The summed E-state index contributed by atoms with van der Waals surface area (Å²) in [5.41, 5.74) is 7.57. The van der Waals surface area contributed by atoms with Crippen LogP contribution < -0.4 is 15.9 Å². The van der Waals surface area contributed by atoms with E-state index in [0.29, 0.717) is 10.8 Å². The zero-order chi connectivity index (χ0) is 18.8. The van der Waals surface area contributed by atoms with Crippen molar-refractivity contribution in [1.29, 1.82) is 0 Å². The molecule has 0 aliphatic heterocycles. The van der Waals surface area contributed by atoms with Crippen molar-refractivity contribution in [1.82, 2.24) is 9.36 Å². The van der Waals surface area contributed by atoms with Gasteiger partial charge in [-0.15, -0.1) is 0 Å². The minimum Gasteiger partial charge on any atom is -0.382 e. The average molecular weight is 377 g/mol. The Morgan fingerprint density at radius 2 is 1.52 bits per heavy atom. The lowest BCUT2D eigenvalue weighted by Crippen LogP contribution is -2.23. The highest BCUT2D eigenvalue weighted by Crippen LogP contribution is 2.26. The van der Waals surface area contributed by atoms with Crippen LogP contribution in [0.25, 0.3) is 11.4 Å². The van der Waals surface area contributed by atoms with Crippen LogP contribution in [0.4, 0.5) is 16.6 Å². The number of benzene rings is 2. The van der Waals surface area contributed by atoms with Crippen LogP contribution in [0.1, 0.15) is 0 Å². The number of aryl methyl sites for hydroxylation is 1. The molecule has 0 aliphatic rings. The zero-order valence-electron chi connectivity index (χ0n) is 14.6. The number of hydrogen-bond acceptors (Lipinski definition) is 5. The third-order valence-corrected chi connectivity index (χ3v) is 4.90. The average Bonchev–Trinajstić information content (AvgIpc) is 3.22. The van der Waals surface area contributed by atoms with Gasteiger partial charge in [0.05, 0.1) is 23.5 Å². The maximum absolute atomic E-state index is 13.1. The van der Waals surface area contributed by atoms with Crippen molar-refractivity contribution in [2.24, 2.45) is 17.3 Å². The molecule has 0 saturated heterocycles. The van der Waals surface area contributed by atoms with Crippen LogP contribution in [-0.4, -0.2) is 9.36 Å². The van der Waals surface area contributed by atoms with Crippen molar-refractivity contribution in [2.45, 2.75) is 0 Å². The molecule has 0 spiro atoms. The van der Waals surface area contributed by atoms with E-state index in [2.05, 4.69) is 10.2 Å². The highest BCUT2D eigenvalue weighted by molar-refractivity contribution is 7.12. The van der Waals surface area contributed by atoms with E-state index in [4.69, 9.17) is 5.73 Å². The van der Waals surface area contributed by atoms with E-state index in [1.165, 1.54) is 16.0 Å². The van der Waals surface area contributed by atoms with Crippen LogP contribution in [0.15, 0.2) is 87.3 Å². The molecule has 27 heavy (non-hydrogen) atoms. The standard InChI is InChI=1S/C19H16N6OS/c1-23-12-13-27-19(23)22-21-16-17(20)24(14-8-4-2-5-9-14)25(18(16)26)15-10-6-3-7-11-15/h2-13,20H,1H3/p+1. The molecule has 8 heteroatoms. The molecule has 2 N–H and O–H groups in total. The Kier molecular flexibility index (Phi) is 4.39. The number of azo groups is 1. The van der Waals surface area contributed by atoms with Crippen LogP contribution >= 0.6 is 11.3 Å². The van der Waals surface area contributed by atoms with E-state index in [0.717, 1.165) is 5.69 Å². The lowest BCUT2D eigenvalue weighted by Gasteiger charge is -2.12. The molecule has 0 amide bonds. The van der Waals surface area contributed by atoms with Gasteiger partial charge in [-0.1, -0.05) is 36.4 Å². The van der Waals surface area contributed by atoms with Gasteiger partial charge in [-0.2, -0.15) is 0 Å². The first kappa shape index (κ1) is 16.9. The van der Waals surface area contributed by atoms with Crippen LogP contribution in [0.2, 0.25) is 0 Å². The predicted molar refractivity (Wildman–Crippen MR) is 105 cm³/mol. The van der Waals surface area contributed by atoms with Gasteiger partial charge in [-0.3, -0.25) is 4.79 Å². The number of anilines is 1. The summed E-state index contributed by atoms with van der Waals surface area (Å²) in [4.78, 5) is 13.1. The van der Waals surface area contributed by atoms with E-state index in [1.807, 2.05) is 83.9 Å². The van der Waals surface area contributed by atoms with Gasteiger partial charge < -0.3 is 5.73 Å². The smallest absolute Gasteiger partial charge is 0.382 e. The van der Waals surface area contributed by atoms with Gasteiger partial charge >= 0.3 is 10.7 Å². The summed E-state index contributed by atoms with van der Waals surface area (Å²) in [6, 6.07) is 18.8. The maximum Gasteiger partial charge on any atom is 0.408 e. The maximum atomic E-state index is 13.1. The first-order valence-electron chi connectivity index (χ1n) is 8.26. The van der Waals surface area contributed by atoms with E-state index >= 15 is 0 Å². The third kappa shape index (κ3) is 3.06. The summed E-state index contributed by atoms with van der Waals surface area (Å²) in [5, 5.41) is 10.9. The molecule has 4 rings (SSSR count). The lowest BCUT2D eigenvalue weighted by atomic mass is 10.3. The molecule has 0 unspecified atom stereocenters. The molecular weight excluding hydrogens is 360 g/mol. The van der Waals surface area contributed by atoms with E-state index < -0.39 is 0 Å². The Balaban J connectivity index is 1.94. The highest BCUT2D eigenvalue weighted by Gasteiger charge is 2.22. The van der Waals surface area contributed by atoms with E-state index in [1.54, 1.807) is 4.68 Å². The van der Waals surface area contributed by atoms with Crippen molar-refractivity contribution in [2.75, 3.05) is 5.73 Å². The van der Waals surface area contributed by atoms with Crippen LogP contribution in [-0.2, 0) is 7.05 Å². The summed E-state index contributed by atoms with van der Waals surface area (Å²) in [5.74, 6) is 0.234. The first-order valence-corrected chi connectivity index (χ1v) is 9.14. The van der Waals surface area contributed by atoms with Crippen molar-refractivity contribution in [3.05, 3.63) is 82.6 Å². The topological polar surface area (TPSA) is 81.5 Å². The zero-order valence-corrected chi connectivity index (χ0v) is 15.4. The predicted octanol–water partition coefficient (Wildman–Crippen LogP) is 3.51. The molecule has 7 nitrogen and oxygen atoms in total. The Morgan fingerprint density at radius 1 is 0.926 bits per heavy atom. The normalized spacial score (nSPS) is 11.3. The Bertz CT molecular complexity index is 1160. The van der Waals surface area contributed by atoms with E-state index in [-0.39, 0.29) is 17.1 Å². The molecule has 0 aliphatic carbocycles. The molecule has 4 aromatic rings. The minimum atomic E-state index is -0.328. The number of para-hydroxylation sites is 2. The van der Waals surface area contributed by atoms with Crippen molar-refractivity contribution < 1.29 is 4.57 Å². The van der Waals surface area contributed by atoms with Crippen LogP contribution in [0.5, 0.6) is 0 Å². The molecule has 0 bridgehead atoms. The van der Waals surface area contributed by atoms with Gasteiger partial charge in [0.15, 0.2) is 5.82 Å². The molecule has 2 aromatic heterocycles. The largest absolute Gasteiger partial charge is 0.408 e. The van der Waals surface area contributed by atoms with Crippen molar-refractivity contribution in [3.63, 3.8) is 0 Å². The molecule has 2 heterocycles. The molecule has 0 fully saturated rings. The summed E-state index contributed by atoms with van der Waals surface area (Å²) in [6.07, 6.45) is 1.87. The second-order valence-corrected chi connectivity index (χ2v) is 6.70. The molecule has 0 radical (unpaired) electrons. The van der Waals surface area contributed by atoms with Crippen LogP contribution in [0, 0.1) is 0 Å². The SMILES string of the molecule is C[n+]1ccsc1N=Nc1c(N)n(-c2ccccc2)n(-c2ccccc2)c1=O. The fourth-order valence-corrected chi connectivity index (χ4v) is 3.43. The highest BCUT2D eigenvalue weighted by atomic mass is 32.1. The fraction of sp³-hybridized carbons (Fsp3) is 0.0526. The minimum absolute atomic E-state index is 0.108. The third-order valence-electron chi connectivity index (χ3n) is 4.06. The number of nitrogens with zero attached hydrogens (tertiary/aromatic N) is 5. The second-order valence-electron chi connectivity index (χ2n) is 5.83. The Labute approximate surface area is 159 Å². The van der Waals surface area contributed by atoms with Crippen LogP contribution in [0.3, 0.4) is 0 Å². The van der Waals surface area contributed by atoms with Crippen molar-refractivity contribution >= 4 is 28.0 Å². The molecular formula is C19H17N6OS+. The Morgan fingerprint density at radius 3 is 2.07 bits per heavy atom. The number of aromatic nitrogens is 3. The Hall–Kier alpha value is -3.52. The number of rotatable bonds is 4. The number of thiazole rings is 1. The van der Waals surface area contributed by atoms with Gasteiger partial charge in [0.1, 0.15) is 6.20 Å². The molecule has 134 valence electrons. The summed E-state index contributed by atoms with van der Waals surface area (Å²) in [6.45, 7) is 0. The van der Waals surface area contributed by atoms with Gasteiger partial charge in [0.25, 0.3) is 0 Å². The summed E-state index contributed by atoms with van der Waals surface area (Å²) < 4.78 is 4.99. The summed E-state index contributed by atoms with van der Waals surface area (Å²) in [7, 11) is 1.87. The number of nitrogens with two attached hydrogens (primary N) is 1. The fourth-order valence-electron chi connectivity index (χ4n) is 2.74. The number of nitrogen functional groups attached to an aromatic ring is 1. The quantitative estimate of drug-likeness (QED) is 0.436. The van der Waals surface area contributed by atoms with E-state index in [9.17, 15) is 4.79 Å². The van der Waals surface area contributed by atoms with Gasteiger partial charge in [-0.05, 0) is 40.7 Å². The van der Waals surface area contributed by atoms with Crippen molar-refractivity contribution in [3.8, 4) is 11.4 Å². The molecule has 0 saturated carbocycles. The van der Waals surface area contributed by atoms with Gasteiger partial charge in [-0.25, -0.2) is 13.9 Å². The number of hydrogen-bond donors (Lipinski definition) is 1.